The van der Waals surface area contributed by atoms with Gasteiger partial charge in [-0.1, -0.05) is 39.0 Å². The molecule has 0 bridgehead atoms. The lowest BCUT2D eigenvalue weighted by Crippen LogP contribution is -2.14. The molecule has 0 unspecified atom stereocenters. The predicted octanol–water partition coefficient (Wildman–Crippen LogP) is 4.30. The van der Waals surface area contributed by atoms with Crippen LogP contribution in [0.5, 0.6) is 5.75 Å². The first-order valence-electron chi connectivity index (χ1n) is 7.74. The molecule has 0 aliphatic rings. The van der Waals surface area contributed by atoms with Crippen LogP contribution in [0, 0.1) is 6.92 Å². The number of hydrogen-bond donors (Lipinski definition) is 0. The Hall–Kier alpha value is -2.62. The lowest BCUT2D eigenvalue weighted by atomic mass is 9.87. The average Bonchev–Trinajstić information content (AvgIpc) is 2.53. The van der Waals surface area contributed by atoms with Crippen LogP contribution >= 0.6 is 0 Å². The topological polar surface area (TPSA) is 52.6 Å². The van der Waals surface area contributed by atoms with Gasteiger partial charge in [-0.2, -0.15) is 0 Å². The van der Waals surface area contributed by atoms with Crippen molar-refractivity contribution in [1.29, 1.82) is 0 Å². The van der Waals surface area contributed by atoms with Crippen molar-refractivity contribution in [3.63, 3.8) is 0 Å². The molecule has 0 heterocycles. The Balaban J connectivity index is 2.27. The number of carbonyl (C=O) groups excluding carboxylic acids is 2. The van der Waals surface area contributed by atoms with Crippen molar-refractivity contribution in [2.45, 2.75) is 33.1 Å². The van der Waals surface area contributed by atoms with E-state index in [1.807, 2.05) is 19.1 Å². The lowest BCUT2D eigenvalue weighted by molar-refractivity contribution is 0.0593. The van der Waals surface area contributed by atoms with Gasteiger partial charge in [-0.25, -0.2) is 9.59 Å². The van der Waals surface area contributed by atoms with E-state index in [-0.39, 0.29) is 16.7 Å². The van der Waals surface area contributed by atoms with Gasteiger partial charge in [-0.05, 0) is 47.7 Å². The van der Waals surface area contributed by atoms with Gasteiger partial charge in [-0.3, -0.25) is 0 Å². The van der Waals surface area contributed by atoms with E-state index < -0.39 is 11.9 Å². The van der Waals surface area contributed by atoms with E-state index in [4.69, 9.17) is 9.47 Å². The van der Waals surface area contributed by atoms with Crippen LogP contribution in [0.25, 0.3) is 0 Å². The molecule has 126 valence electrons. The molecule has 0 atom stereocenters. The van der Waals surface area contributed by atoms with E-state index >= 15 is 0 Å². The third kappa shape index (κ3) is 4.02. The molecule has 0 fully saturated rings. The molecule has 2 aromatic rings. The summed E-state index contributed by atoms with van der Waals surface area (Å²) in [5.74, 6) is -0.848. The van der Waals surface area contributed by atoms with Gasteiger partial charge in [0.2, 0.25) is 0 Å². The largest absolute Gasteiger partial charge is 0.465 e. The highest BCUT2D eigenvalue weighted by Gasteiger charge is 2.18. The summed E-state index contributed by atoms with van der Waals surface area (Å²) < 4.78 is 10.1. The highest BCUT2D eigenvalue weighted by molar-refractivity contribution is 5.96. The minimum atomic E-state index is -0.541. The van der Waals surface area contributed by atoms with Crippen molar-refractivity contribution in [3.05, 3.63) is 64.7 Å². The monoisotopic (exact) mass is 326 g/mol. The van der Waals surface area contributed by atoms with Crippen LogP contribution in [0.4, 0.5) is 0 Å². The first-order valence-corrected chi connectivity index (χ1v) is 7.74. The lowest BCUT2D eigenvalue weighted by Gasteiger charge is -2.19. The zero-order valence-corrected chi connectivity index (χ0v) is 14.7. The van der Waals surface area contributed by atoms with E-state index in [1.165, 1.54) is 7.11 Å². The molecule has 0 aliphatic carbocycles. The van der Waals surface area contributed by atoms with Crippen molar-refractivity contribution in [3.8, 4) is 5.75 Å². The second-order valence-electron chi connectivity index (χ2n) is 6.71. The summed E-state index contributed by atoms with van der Waals surface area (Å²) in [6, 6.07) is 12.3. The molecular formula is C20H22O4. The fourth-order valence-corrected chi connectivity index (χ4v) is 2.26. The normalized spacial score (nSPS) is 11.0. The van der Waals surface area contributed by atoms with Gasteiger partial charge in [0.1, 0.15) is 11.3 Å². The summed E-state index contributed by atoms with van der Waals surface area (Å²) in [4.78, 5) is 24.2. The molecular weight excluding hydrogens is 304 g/mol. The number of methoxy groups -OCH3 is 1. The number of carbonyl (C=O) groups is 2. The number of hydrogen-bond acceptors (Lipinski definition) is 4. The predicted molar refractivity (Wildman–Crippen MR) is 92.6 cm³/mol. The summed E-state index contributed by atoms with van der Waals surface area (Å²) in [6.07, 6.45) is 0. The molecule has 0 aliphatic heterocycles. The number of benzene rings is 2. The Labute approximate surface area is 142 Å². The molecule has 2 aromatic carbocycles. The highest BCUT2D eigenvalue weighted by Crippen LogP contribution is 2.24. The average molecular weight is 326 g/mol. The number of rotatable bonds is 3. The minimum absolute atomic E-state index is 0.0109. The highest BCUT2D eigenvalue weighted by atomic mass is 16.5. The number of ether oxygens (including phenoxy) is 2. The van der Waals surface area contributed by atoms with E-state index in [9.17, 15) is 9.59 Å². The van der Waals surface area contributed by atoms with Crippen LogP contribution in [-0.2, 0) is 10.2 Å². The molecule has 0 N–H and O–H groups in total. The van der Waals surface area contributed by atoms with Gasteiger partial charge in [0.15, 0.2) is 0 Å². The Morgan fingerprint density at radius 2 is 1.54 bits per heavy atom. The number of esters is 2. The quantitative estimate of drug-likeness (QED) is 0.623. The smallest absolute Gasteiger partial charge is 0.343 e. The van der Waals surface area contributed by atoms with Crippen LogP contribution in [0.2, 0.25) is 0 Å². The van der Waals surface area contributed by atoms with Crippen LogP contribution in [0.15, 0.2) is 42.5 Å². The van der Waals surface area contributed by atoms with Crippen molar-refractivity contribution in [1.82, 2.24) is 0 Å². The Morgan fingerprint density at radius 3 is 2.08 bits per heavy atom. The summed E-state index contributed by atoms with van der Waals surface area (Å²) in [5.41, 5.74) is 2.68. The number of aryl methyl sites for hydroxylation is 1. The van der Waals surface area contributed by atoms with Gasteiger partial charge in [0.25, 0.3) is 0 Å². The zero-order chi connectivity index (χ0) is 17.9. The first-order chi connectivity index (χ1) is 11.2. The summed E-state index contributed by atoms with van der Waals surface area (Å²) in [6.45, 7) is 8.18. The summed E-state index contributed by atoms with van der Waals surface area (Å²) in [7, 11) is 1.29. The van der Waals surface area contributed by atoms with Gasteiger partial charge in [-0.15, -0.1) is 0 Å². The molecule has 4 heteroatoms. The summed E-state index contributed by atoms with van der Waals surface area (Å²) in [5, 5.41) is 0. The minimum Gasteiger partial charge on any atom is -0.465 e. The van der Waals surface area contributed by atoms with Gasteiger partial charge < -0.3 is 9.47 Å². The maximum Gasteiger partial charge on any atom is 0.343 e. The van der Waals surface area contributed by atoms with Gasteiger partial charge in [0.05, 0.1) is 12.7 Å². The molecule has 0 amide bonds. The molecule has 0 radical (unpaired) electrons. The molecule has 0 spiro atoms. The van der Waals surface area contributed by atoms with Crippen molar-refractivity contribution in [2.24, 2.45) is 0 Å². The third-order valence-electron chi connectivity index (χ3n) is 3.73. The zero-order valence-electron chi connectivity index (χ0n) is 14.7. The van der Waals surface area contributed by atoms with E-state index in [2.05, 4.69) is 20.8 Å². The van der Waals surface area contributed by atoms with Crippen LogP contribution < -0.4 is 4.74 Å². The molecule has 4 nitrogen and oxygen atoms in total. The molecule has 2 rings (SSSR count). The molecule has 24 heavy (non-hydrogen) atoms. The van der Waals surface area contributed by atoms with Crippen molar-refractivity contribution in [2.75, 3.05) is 7.11 Å². The second kappa shape index (κ2) is 6.87. The fourth-order valence-electron chi connectivity index (χ4n) is 2.26. The Morgan fingerprint density at radius 1 is 0.917 bits per heavy atom. The molecule has 0 saturated heterocycles. The third-order valence-corrected chi connectivity index (χ3v) is 3.73. The van der Waals surface area contributed by atoms with Crippen LogP contribution in [-0.4, -0.2) is 19.0 Å². The van der Waals surface area contributed by atoms with E-state index in [0.29, 0.717) is 5.56 Å². The molecule has 0 saturated carbocycles. The Bertz CT molecular complexity index is 752. The van der Waals surface area contributed by atoms with Crippen LogP contribution in [0.3, 0.4) is 0 Å². The Kier molecular flexibility index (Phi) is 5.07. The standard InChI is InChI=1S/C20H22O4/c1-13-6-11-16(19(22)23-5)17(12-13)24-18(21)14-7-9-15(10-8-14)20(2,3)4/h6-12H,1-5H3. The second-order valence-corrected chi connectivity index (χ2v) is 6.71. The summed E-state index contributed by atoms with van der Waals surface area (Å²) >= 11 is 0. The van der Waals surface area contributed by atoms with Gasteiger partial charge >= 0.3 is 11.9 Å². The van der Waals surface area contributed by atoms with Crippen LogP contribution in [0.1, 0.15) is 52.6 Å². The fraction of sp³-hybridized carbons (Fsp3) is 0.300. The van der Waals surface area contributed by atoms with E-state index in [1.54, 1.807) is 30.3 Å². The van der Waals surface area contributed by atoms with Crippen molar-refractivity contribution >= 4 is 11.9 Å². The SMILES string of the molecule is COC(=O)c1ccc(C)cc1OC(=O)c1ccc(C(C)(C)C)cc1. The van der Waals surface area contributed by atoms with Crippen molar-refractivity contribution < 1.29 is 19.1 Å². The maximum atomic E-state index is 12.4. The first kappa shape index (κ1) is 17.7. The maximum absolute atomic E-state index is 12.4. The van der Waals surface area contributed by atoms with Gasteiger partial charge in [0, 0.05) is 0 Å². The van der Waals surface area contributed by atoms with E-state index in [0.717, 1.165) is 11.1 Å². The molecule has 0 aromatic heterocycles.